The van der Waals surface area contributed by atoms with Gasteiger partial charge in [0.2, 0.25) is 0 Å². The molecule has 3 atom stereocenters. The summed E-state index contributed by atoms with van der Waals surface area (Å²) in [6, 6.07) is 8.22. The van der Waals surface area contributed by atoms with Gasteiger partial charge in [-0.15, -0.1) is 11.8 Å². The monoisotopic (exact) mass is 297 g/mol. The summed E-state index contributed by atoms with van der Waals surface area (Å²) in [6.07, 6.45) is 6.66. The fourth-order valence-corrected chi connectivity index (χ4v) is 4.62. The maximum Gasteiger partial charge on any atom is 0.0406 e. The van der Waals surface area contributed by atoms with Crippen molar-refractivity contribution < 1.29 is 0 Å². The number of halogens is 1. The van der Waals surface area contributed by atoms with E-state index in [-0.39, 0.29) is 0 Å². The lowest BCUT2D eigenvalue weighted by Gasteiger charge is -2.35. The molecule has 0 aliphatic heterocycles. The molecule has 0 bridgehead atoms. The third kappa shape index (κ3) is 4.40. The summed E-state index contributed by atoms with van der Waals surface area (Å²) >= 11 is 7.94. The van der Waals surface area contributed by atoms with Crippen LogP contribution in [0.2, 0.25) is 5.02 Å². The van der Waals surface area contributed by atoms with Crippen LogP contribution in [0.4, 0.5) is 0 Å². The summed E-state index contributed by atoms with van der Waals surface area (Å²) < 4.78 is 0. The van der Waals surface area contributed by atoms with Crippen LogP contribution in [0.15, 0.2) is 29.2 Å². The first-order valence-electron chi connectivity index (χ1n) is 7.35. The van der Waals surface area contributed by atoms with Gasteiger partial charge in [-0.2, -0.15) is 0 Å². The van der Waals surface area contributed by atoms with Crippen molar-refractivity contribution in [3.05, 3.63) is 29.3 Å². The molecule has 1 aromatic rings. The highest BCUT2D eigenvalue weighted by atomic mass is 35.5. The van der Waals surface area contributed by atoms with E-state index in [1.807, 2.05) is 23.9 Å². The minimum atomic E-state index is 0.675. The molecule has 1 saturated carbocycles. The van der Waals surface area contributed by atoms with Crippen molar-refractivity contribution in [2.24, 2.45) is 17.6 Å². The molecule has 2 rings (SSSR count). The van der Waals surface area contributed by atoms with Crippen LogP contribution in [0.25, 0.3) is 0 Å². The average molecular weight is 298 g/mol. The zero-order chi connectivity index (χ0) is 13.7. The lowest BCUT2D eigenvalue weighted by molar-refractivity contribution is 0.276. The average Bonchev–Trinajstić information content (AvgIpc) is 2.42. The van der Waals surface area contributed by atoms with E-state index in [0.29, 0.717) is 11.2 Å². The first kappa shape index (κ1) is 15.2. The Balaban J connectivity index is 1.99. The van der Waals surface area contributed by atoms with E-state index >= 15 is 0 Å². The Morgan fingerprint density at radius 1 is 1.26 bits per heavy atom. The molecule has 19 heavy (non-hydrogen) atoms. The van der Waals surface area contributed by atoms with Crippen molar-refractivity contribution in [2.45, 2.75) is 49.2 Å². The van der Waals surface area contributed by atoms with Gasteiger partial charge >= 0.3 is 0 Å². The van der Waals surface area contributed by atoms with Gasteiger partial charge in [0.15, 0.2) is 0 Å². The summed E-state index contributed by atoms with van der Waals surface area (Å²) in [7, 11) is 0. The minimum Gasteiger partial charge on any atom is -0.330 e. The fourth-order valence-electron chi connectivity index (χ4n) is 3.05. The van der Waals surface area contributed by atoms with Gasteiger partial charge in [-0.1, -0.05) is 37.8 Å². The number of hydrogen-bond donors (Lipinski definition) is 1. The lowest BCUT2D eigenvalue weighted by atomic mass is 9.80. The first-order chi connectivity index (χ1) is 9.22. The maximum atomic E-state index is 5.96. The van der Waals surface area contributed by atoms with E-state index < -0.39 is 0 Å². The number of hydrogen-bond acceptors (Lipinski definition) is 2. The zero-order valence-electron chi connectivity index (χ0n) is 11.6. The van der Waals surface area contributed by atoms with Gasteiger partial charge in [0, 0.05) is 15.2 Å². The molecule has 0 aromatic heterocycles. The van der Waals surface area contributed by atoms with E-state index in [9.17, 15) is 0 Å². The van der Waals surface area contributed by atoms with E-state index in [1.165, 1.54) is 37.0 Å². The van der Waals surface area contributed by atoms with Gasteiger partial charge < -0.3 is 5.73 Å². The van der Waals surface area contributed by atoms with Crippen LogP contribution in [-0.4, -0.2) is 11.8 Å². The molecule has 1 aliphatic carbocycles. The second-order valence-electron chi connectivity index (χ2n) is 5.57. The molecular weight excluding hydrogens is 274 g/mol. The number of thioether (sulfide) groups is 1. The predicted octanol–water partition coefficient (Wildman–Crippen LogP) is 4.98. The molecule has 1 nitrogen and oxygen atoms in total. The topological polar surface area (TPSA) is 26.0 Å². The molecule has 2 N–H and O–H groups in total. The Morgan fingerprint density at radius 2 is 2.00 bits per heavy atom. The quantitative estimate of drug-likeness (QED) is 0.830. The summed E-state index contributed by atoms with van der Waals surface area (Å²) in [5, 5.41) is 1.49. The second kappa shape index (κ2) is 7.56. The molecular formula is C16H24ClNS. The molecule has 1 aliphatic rings. The zero-order valence-corrected chi connectivity index (χ0v) is 13.2. The Kier molecular flexibility index (Phi) is 6.06. The highest BCUT2D eigenvalue weighted by molar-refractivity contribution is 8.00. The van der Waals surface area contributed by atoms with Crippen LogP contribution in [0.1, 0.15) is 39.0 Å². The highest BCUT2D eigenvalue weighted by Gasteiger charge is 2.29. The van der Waals surface area contributed by atoms with Gasteiger partial charge in [-0.3, -0.25) is 0 Å². The molecule has 0 heterocycles. The van der Waals surface area contributed by atoms with E-state index in [0.717, 1.165) is 17.5 Å². The standard InChI is InChI=1S/C16H24ClNS/c1-2-3-12-4-5-13(11-18)16(10-12)19-15-8-6-14(17)7-9-15/h6-9,12-13,16H,2-5,10-11,18H2,1H3. The largest absolute Gasteiger partial charge is 0.330 e. The second-order valence-corrected chi connectivity index (χ2v) is 7.32. The SMILES string of the molecule is CCCC1CCC(CN)C(Sc2ccc(Cl)cc2)C1. The number of nitrogens with two attached hydrogens (primary N) is 1. The van der Waals surface area contributed by atoms with E-state index in [4.69, 9.17) is 17.3 Å². The van der Waals surface area contributed by atoms with Gasteiger partial charge in [-0.05, 0) is 55.5 Å². The van der Waals surface area contributed by atoms with Crippen LogP contribution in [-0.2, 0) is 0 Å². The normalized spacial score (nSPS) is 27.4. The minimum absolute atomic E-state index is 0.675. The van der Waals surface area contributed by atoms with Crippen molar-refractivity contribution in [1.29, 1.82) is 0 Å². The van der Waals surface area contributed by atoms with Gasteiger partial charge in [0.1, 0.15) is 0 Å². The maximum absolute atomic E-state index is 5.96. The summed E-state index contributed by atoms with van der Waals surface area (Å²) in [6.45, 7) is 3.11. The van der Waals surface area contributed by atoms with Gasteiger partial charge in [0.25, 0.3) is 0 Å². The van der Waals surface area contributed by atoms with Gasteiger partial charge in [0.05, 0.1) is 0 Å². The molecule has 0 radical (unpaired) electrons. The van der Waals surface area contributed by atoms with Crippen molar-refractivity contribution in [3.8, 4) is 0 Å². The molecule has 1 fully saturated rings. The number of rotatable bonds is 5. The van der Waals surface area contributed by atoms with Crippen molar-refractivity contribution in [2.75, 3.05) is 6.54 Å². The molecule has 0 amide bonds. The van der Waals surface area contributed by atoms with Crippen LogP contribution in [0.3, 0.4) is 0 Å². The highest BCUT2D eigenvalue weighted by Crippen LogP contribution is 2.41. The van der Waals surface area contributed by atoms with Crippen LogP contribution >= 0.6 is 23.4 Å². The van der Waals surface area contributed by atoms with Crippen LogP contribution < -0.4 is 5.73 Å². The molecule has 1 aromatic carbocycles. The summed E-state index contributed by atoms with van der Waals surface area (Å²) in [5.74, 6) is 1.58. The third-order valence-corrected chi connectivity index (χ3v) is 5.81. The van der Waals surface area contributed by atoms with Crippen molar-refractivity contribution in [1.82, 2.24) is 0 Å². The van der Waals surface area contributed by atoms with E-state index in [1.54, 1.807) is 0 Å². The summed E-state index contributed by atoms with van der Waals surface area (Å²) in [5.41, 5.74) is 5.96. The third-order valence-electron chi connectivity index (χ3n) is 4.14. The first-order valence-corrected chi connectivity index (χ1v) is 8.61. The molecule has 0 saturated heterocycles. The molecule has 3 unspecified atom stereocenters. The molecule has 3 heteroatoms. The summed E-state index contributed by atoms with van der Waals surface area (Å²) in [4.78, 5) is 1.32. The van der Waals surface area contributed by atoms with Gasteiger partial charge in [-0.25, -0.2) is 0 Å². The Hall–Kier alpha value is -0.180. The predicted molar refractivity (Wildman–Crippen MR) is 85.9 cm³/mol. The molecule has 0 spiro atoms. The smallest absolute Gasteiger partial charge is 0.0406 e. The number of benzene rings is 1. The van der Waals surface area contributed by atoms with Crippen LogP contribution in [0, 0.1) is 11.8 Å². The Bertz CT molecular complexity index is 379. The lowest BCUT2D eigenvalue weighted by Crippen LogP contribution is -2.32. The van der Waals surface area contributed by atoms with Crippen molar-refractivity contribution >= 4 is 23.4 Å². The van der Waals surface area contributed by atoms with Crippen molar-refractivity contribution in [3.63, 3.8) is 0 Å². The fraction of sp³-hybridized carbons (Fsp3) is 0.625. The molecule has 106 valence electrons. The Labute approximate surface area is 126 Å². The van der Waals surface area contributed by atoms with Crippen LogP contribution in [0.5, 0.6) is 0 Å². The van der Waals surface area contributed by atoms with E-state index in [2.05, 4.69) is 19.1 Å². The Morgan fingerprint density at radius 3 is 2.63 bits per heavy atom.